The van der Waals surface area contributed by atoms with Crippen molar-refractivity contribution in [3.05, 3.63) is 77.5 Å². The molecule has 1 heterocycles. The molecule has 1 aromatic heterocycles. The molecule has 3 heteroatoms. The summed E-state index contributed by atoms with van der Waals surface area (Å²) in [4.78, 5) is 12.3. The van der Waals surface area contributed by atoms with E-state index in [2.05, 4.69) is 41.8 Å². The first-order chi connectivity index (χ1) is 11.6. The third-order valence-electron chi connectivity index (χ3n) is 4.07. The van der Waals surface area contributed by atoms with E-state index in [1.807, 2.05) is 44.2 Å². The van der Waals surface area contributed by atoms with Gasteiger partial charge in [-0.2, -0.15) is 0 Å². The summed E-state index contributed by atoms with van der Waals surface area (Å²) in [5, 5.41) is 0. The highest BCUT2D eigenvalue weighted by molar-refractivity contribution is 5.93. The van der Waals surface area contributed by atoms with Crippen molar-refractivity contribution in [2.75, 3.05) is 6.61 Å². The van der Waals surface area contributed by atoms with Gasteiger partial charge in [-0.25, -0.2) is 4.79 Å². The number of benzene rings is 2. The lowest BCUT2D eigenvalue weighted by Crippen LogP contribution is -2.07. The predicted molar refractivity (Wildman–Crippen MR) is 96.6 cm³/mol. The summed E-state index contributed by atoms with van der Waals surface area (Å²) in [6, 6.07) is 20.3. The molecule has 0 fully saturated rings. The number of nitrogens with zero attached hydrogens (tertiary/aromatic N) is 1. The van der Waals surface area contributed by atoms with E-state index < -0.39 is 0 Å². The Kier molecular flexibility index (Phi) is 4.52. The molecule has 0 aliphatic heterocycles. The molecule has 0 radical (unpaired) electrons. The third-order valence-corrected chi connectivity index (χ3v) is 4.07. The standard InChI is InChI=1S/C21H21NO2/c1-4-24-21(23)19-14-20(17-10-6-5-7-11-17)22(16(19)3)18-12-8-9-15(2)13-18/h5-14H,4H2,1-3H3. The molecule has 3 aromatic rings. The second kappa shape index (κ2) is 6.75. The van der Waals surface area contributed by atoms with Gasteiger partial charge in [0.15, 0.2) is 0 Å². The molecule has 0 spiro atoms. The molecule has 3 nitrogen and oxygen atoms in total. The lowest BCUT2D eigenvalue weighted by atomic mass is 10.1. The Morgan fingerprint density at radius 1 is 1.00 bits per heavy atom. The van der Waals surface area contributed by atoms with Crippen molar-refractivity contribution in [1.82, 2.24) is 4.57 Å². The third kappa shape index (κ3) is 2.98. The van der Waals surface area contributed by atoms with Gasteiger partial charge in [-0.1, -0.05) is 42.5 Å². The van der Waals surface area contributed by atoms with Crippen molar-refractivity contribution in [3.63, 3.8) is 0 Å². The lowest BCUT2D eigenvalue weighted by molar-refractivity contribution is 0.0525. The number of esters is 1. The molecule has 0 atom stereocenters. The summed E-state index contributed by atoms with van der Waals surface area (Å²) in [6.07, 6.45) is 0. The van der Waals surface area contributed by atoms with Gasteiger partial charge in [0.05, 0.1) is 17.9 Å². The Balaban J connectivity index is 2.23. The van der Waals surface area contributed by atoms with Gasteiger partial charge in [0.1, 0.15) is 0 Å². The number of carbonyl (C=O) groups excluding carboxylic acids is 1. The van der Waals surface area contributed by atoms with Crippen molar-refractivity contribution in [1.29, 1.82) is 0 Å². The van der Waals surface area contributed by atoms with E-state index in [1.165, 1.54) is 5.56 Å². The van der Waals surface area contributed by atoms with Gasteiger partial charge in [-0.3, -0.25) is 0 Å². The topological polar surface area (TPSA) is 31.2 Å². The fourth-order valence-electron chi connectivity index (χ4n) is 2.94. The van der Waals surface area contributed by atoms with Gasteiger partial charge in [0.25, 0.3) is 0 Å². The van der Waals surface area contributed by atoms with E-state index in [0.717, 1.165) is 22.6 Å². The molecule has 0 saturated carbocycles. The van der Waals surface area contributed by atoms with E-state index in [0.29, 0.717) is 12.2 Å². The Hall–Kier alpha value is -2.81. The average Bonchev–Trinajstić information content (AvgIpc) is 2.93. The summed E-state index contributed by atoms with van der Waals surface area (Å²) in [7, 11) is 0. The van der Waals surface area contributed by atoms with Crippen LogP contribution in [0.15, 0.2) is 60.7 Å². The van der Waals surface area contributed by atoms with Crippen molar-refractivity contribution >= 4 is 5.97 Å². The molecule has 122 valence electrons. The Labute approximate surface area is 142 Å². The summed E-state index contributed by atoms with van der Waals surface area (Å²) >= 11 is 0. The van der Waals surface area contributed by atoms with Crippen molar-refractivity contribution in [2.24, 2.45) is 0 Å². The average molecular weight is 319 g/mol. The summed E-state index contributed by atoms with van der Waals surface area (Å²) in [5.74, 6) is -0.279. The minimum Gasteiger partial charge on any atom is -0.462 e. The molecule has 24 heavy (non-hydrogen) atoms. The minimum atomic E-state index is -0.279. The maximum Gasteiger partial charge on any atom is 0.339 e. The van der Waals surface area contributed by atoms with E-state index >= 15 is 0 Å². The molecular weight excluding hydrogens is 298 g/mol. The second-order valence-corrected chi connectivity index (χ2v) is 5.79. The van der Waals surface area contributed by atoms with E-state index in [-0.39, 0.29) is 5.97 Å². The monoisotopic (exact) mass is 319 g/mol. The lowest BCUT2D eigenvalue weighted by Gasteiger charge is -2.13. The zero-order valence-electron chi connectivity index (χ0n) is 14.2. The predicted octanol–water partition coefficient (Wildman–Crippen LogP) is 4.94. The normalized spacial score (nSPS) is 10.6. The second-order valence-electron chi connectivity index (χ2n) is 5.79. The largest absolute Gasteiger partial charge is 0.462 e. The molecule has 0 aliphatic carbocycles. The molecule has 0 N–H and O–H groups in total. The Morgan fingerprint density at radius 2 is 1.75 bits per heavy atom. The maximum absolute atomic E-state index is 12.3. The van der Waals surface area contributed by atoms with Crippen LogP contribution in [0.1, 0.15) is 28.5 Å². The molecule has 0 bridgehead atoms. The Bertz CT molecular complexity index is 863. The summed E-state index contributed by atoms with van der Waals surface area (Å²) in [6.45, 7) is 6.22. The fourth-order valence-corrected chi connectivity index (χ4v) is 2.94. The molecule has 0 saturated heterocycles. The highest BCUT2D eigenvalue weighted by Gasteiger charge is 2.20. The van der Waals surface area contributed by atoms with Crippen molar-refractivity contribution in [2.45, 2.75) is 20.8 Å². The quantitative estimate of drug-likeness (QED) is 0.638. The minimum absolute atomic E-state index is 0.279. The number of ether oxygens (including phenoxy) is 1. The maximum atomic E-state index is 12.3. The van der Waals surface area contributed by atoms with Gasteiger partial charge >= 0.3 is 5.97 Å². The van der Waals surface area contributed by atoms with Crippen LogP contribution >= 0.6 is 0 Å². The van der Waals surface area contributed by atoms with E-state index in [9.17, 15) is 4.79 Å². The van der Waals surface area contributed by atoms with Crippen molar-refractivity contribution < 1.29 is 9.53 Å². The van der Waals surface area contributed by atoms with Crippen LogP contribution in [-0.2, 0) is 4.74 Å². The zero-order chi connectivity index (χ0) is 17.1. The van der Waals surface area contributed by atoms with Gasteiger partial charge < -0.3 is 9.30 Å². The molecular formula is C21H21NO2. The van der Waals surface area contributed by atoms with Crippen LogP contribution in [0.4, 0.5) is 0 Å². The number of rotatable bonds is 4. The number of hydrogen-bond donors (Lipinski definition) is 0. The van der Waals surface area contributed by atoms with E-state index in [1.54, 1.807) is 0 Å². The van der Waals surface area contributed by atoms with Gasteiger partial charge in [-0.05, 0) is 50.1 Å². The highest BCUT2D eigenvalue weighted by Crippen LogP contribution is 2.30. The molecule has 0 unspecified atom stereocenters. The molecule has 0 aliphatic rings. The zero-order valence-corrected chi connectivity index (χ0v) is 14.2. The van der Waals surface area contributed by atoms with Crippen LogP contribution in [0.2, 0.25) is 0 Å². The number of hydrogen-bond acceptors (Lipinski definition) is 2. The summed E-state index contributed by atoms with van der Waals surface area (Å²) in [5.41, 5.74) is 5.77. The summed E-state index contributed by atoms with van der Waals surface area (Å²) < 4.78 is 7.34. The highest BCUT2D eigenvalue weighted by atomic mass is 16.5. The fraction of sp³-hybridized carbons (Fsp3) is 0.190. The number of carbonyl (C=O) groups is 1. The van der Waals surface area contributed by atoms with Crippen LogP contribution < -0.4 is 0 Å². The Morgan fingerprint density at radius 3 is 2.42 bits per heavy atom. The first-order valence-electron chi connectivity index (χ1n) is 8.13. The van der Waals surface area contributed by atoms with Crippen LogP contribution in [0.3, 0.4) is 0 Å². The van der Waals surface area contributed by atoms with Crippen LogP contribution in [0.25, 0.3) is 16.9 Å². The van der Waals surface area contributed by atoms with Gasteiger partial charge in [0.2, 0.25) is 0 Å². The molecule has 2 aromatic carbocycles. The van der Waals surface area contributed by atoms with Crippen LogP contribution in [-0.4, -0.2) is 17.1 Å². The van der Waals surface area contributed by atoms with E-state index in [4.69, 9.17) is 4.74 Å². The SMILES string of the molecule is CCOC(=O)c1cc(-c2ccccc2)n(-c2cccc(C)c2)c1C. The first-order valence-corrected chi connectivity index (χ1v) is 8.13. The molecule has 3 rings (SSSR count). The number of aromatic nitrogens is 1. The van der Waals surface area contributed by atoms with Crippen LogP contribution in [0.5, 0.6) is 0 Å². The van der Waals surface area contributed by atoms with Crippen molar-refractivity contribution in [3.8, 4) is 16.9 Å². The van der Waals surface area contributed by atoms with Crippen LogP contribution in [0, 0.1) is 13.8 Å². The number of aryl methyl sites for hydroxylation is 1. The first kappa shape index (κ1) is 16.1. The van der Waals surface area contributed by atoms with Gasteiger partial charge in [0, 0.05) is 11.4 Å². The van der Waals surface area contributed by atoms with Gasteiger partial charge in [-0.15, -0.1) is 0 Å². The molecule has 0 amide bonds. The smallest absolute Gasteiger partial charge is 0.339 e.